The molecular formula is C22H21FN2O2. The standard InChI is InChI=1S/C22H21FN2O2/c1-3-12-14-7-5-6-8-18(14)24-20-16(12)10-25-19(20)9-15-13(4-2)21(23)27-11-17(15)22(25)26/h5-9,13,21H,3-4,10-11H2,1-2H3/t13?,21-/m1/s1. The lowest BCUT2D eigenvalue weighted by Crippen LogP contribution is -2.33. The molecule has 0 saturated carbocycles. The highest BCUT2D eigenvalue weighted by Gasteiger charge is 2.35. The Morgan fingerprint density at radius 2 is 2.07 bits per heavy atom. The Labute approximate surface area is 156 Å². The number of benzene rings is 1. The van der Waals surface area contributed by atoms with Crippen LogP contribution in [0.25, 0.3) is 22.3 Å². The fourth-order valence-electron chi connectivity index (χ4n) is 4.63. The van der Waals surface area contributed by atoms with Gasteiger partial charge in [-0.3, -0.25) is 4.79 Å². The van der Waals surface area contributed by atoms with Gasteiger partial charge in [0.2, 0.25) is 6.36 Å². The van der Waals surface area contributed by atoms with Crippen molar-refractivity contribution in [2.24, 2.45) is 0 Å². The number of nitrogens with zero attached hydrogens (tertiary/aromatic N) is 2. The average molecular weight is 364 g/mol. The second-order valence-electron chi connectivity index (χ2n) is 7.32. The lowest BCUT2D eigenvalue weighted by molar-refractivity contribution is -0.0790. The number of hydrogen-bond acceptors (Lipinski definition) is 3. The Hall–Kier alpha value is -2.53. The van der Waals surface area contributed by atoms with Crippen LogP contribution in [-0.4, -0.2) is 15.9 Å². The van der Waals surface area contributed by atoms with Crippen LogP contribution in [0, 0.1) is 0 Å². The summed E-state index contributed by atoms with van der Waals surface area (Å²) < 4.78 is 21.3. The molecule has 1 unspecified atom stereocenters. The molecule has 4 nitrogen and oxygen atoms in total. The number of aryl methyl sites for hydroxylation is 1. The summed E-state index contributed by atoms with van der Waals surface area (Å²) in [6, 6.07) is 10.1. The SMILES string of the molecule is CCc1c2c(nc3ccccc13)-c1cc3c(c(=O)n1C2)CO[C@@H](F)C3CC. The topological polar surface area (TPSA) is 44.1 Å². The van der Waals surface area contributed by atoms with E-state index < -0.39 is 12.3 Å². The summed E-state index contributed by atoms with van der Waals surface area (Å²) >= 11 is 0. The molecule has 5 heteroatoms. The maximum Gasteiger partial charge on any atom is 0.257 e. The number of rotatable bonds is 2. The van der Waals surface area contributed by atoms with Gasteiger partial charge in [0.05, 0.1) is 30.1 Å². The smallest absolute Gasteiger partial charge is 0.257 e. The highest BCUT2D eigenvalue weighted by atomic mass is 19.1. The first-order valence-corrected chi connectivity index (χ1v) is 9.57. The summed E-state index contributed by atoms with van der Waals surface area (Å²) in [5.74, 6) is -0.400. The van der Waals surface area contributed by atoms with Gasteiger partial charge in [-0.15, -0.1) is 0 Å². The summed E-state index contributed by atoms with van der Waals surface area (Å²) in [5, 5.41) is 1.14. The highest BCUT2D eigenvalue weighted by molar-refractivity contribution is 5.88. The van der Waals surface area contributed by atoms with Crippen LogP contribution in [0.5, 0.6) is 0 Å². The first-order valence-electron chi connectivity index (χ1n) is 9.57. The zero-order chi connectivity index (χ0) is 18.7. The van der Waals surface area contributed by atoms with Crippen molar-refractivity contribution in [3.05, 3.63) is 62.9 Å². The van der Waals surface area contributed by atoms with E-state index in [1.165, 1.54) is 5.56 Å². The van der Waals surface area contributed by atoms with Gasteiger partial charge in [0.25, 0.3) is 5.56 Å². The van der Waals surface area contributed by atoms with Crippen molar-refractivity contribution in [3.8, 4) is 11.4 Å². The zero-order valence-electron chi connectivity index (χ0n) is 15.5. The van der Waals surface area contributed by atoms with E-state index in [-0.39, 0.29) is 12.2 Å². The number of hydrogen-bond donors (Lipinski definition) is 0. The molecule has 5 rings (SSSR count). The van der Waals surface area contributed by atoms with E-state index in [0.29, 0.717) is 18.5 Å². The van der Waals surface area contributed by atoms with Gasteiger partial charge >= 0.3 is 0 Å². The molecule has 0 aliphatic carbocycles. The number of aromatic nitrogens is 2. The number of pyridine rings is 2. The normalized spacial score (nSPS) is 20.4. The van der Waals surface area contributed by atoms with Crippen LogP contribution in [0.3, 0.4) is 0 Å². The second-order valence-corrected chi connectivity index (χ2v) is 7.32. The van der Waals surface area contributed by atoms with Gasteiger partial charge < -0.3 is 9.30 Å². The van der Waals surface area contributed by atoms with Crippen LogP contribution >= 0.6 is 0 Å². The van der Waals surface area contributed by atoms with Crippen molar-refractivity contribution in [2.75, 3.05) is 0 Å². The minimum atomic E-state index is -1.36. The Morgan fingerprint density at radius 3 is 2.85 bits per heavy atom. The van der Waals surface area contributed by atoms with Crippen LogP contribution in [0.2, 0.25) is 0 Å². The highest BCUT2D eigenvalue weighted by Crippen LogP contribution is 2.40. The molecule has 0 bridgehead atoms. The van der Waals surface area contributed by atoms with Crippen molar-refractivity contribution in [3.63, 3.8) is 0 Å². The van der Waals surface area contributed by atoms with Crippen molar-refractivity contribution >= 4 is 10.9 Å². The summed E-state index contributed by atoms with van der Waals surface area (Å²) in [7, 11) is 0. The molecule has 0 amide bonds. The predicted molar refractivity (Wildman–Crippen MR) is 103 cm³/mol. The second kappa shape index (κ2) is 5.99. The molecule has 3 aromatic rings. The van der Waals surface area contributed by atoms with Crippen molar-refractivity contribution < 1.29 is 9.13 Å². The molecule has 2 aromatic heterocycles. The van der Waals surface area contributed by atoms with E-state index in [2.05, 4.69) is 13.0 Å². The first-order chi connectivity index (χ1) is 13.1. The number of fused-ring (bicyclic) bond motifs is 5. The average Bonchev–Trinajstić information content (AvgIpc) is 3.05. The third kappa shape index (κ3) is 2.24. The quantitative estimate of drug-likeness (QED) is 0.532. The maximum atomic E-state index is 14.3. The molecule has 0 radical (unpaired) electrons. The molecule has 138 valence electrons. The van der Waals surface area contributed by atoms with Crippen LogP contribution < -0.4 is 5.56 Å². The summed E-state index contributed by atoms with van der Waals surface area (Å²) in [6.45, 7) is 4.62. The van der Waals surface area contributed by atoms with E-state index in [4.69, 9.17) is 9.72 Å². The van der Waals surface area contributed by atoms with Gasteiger partial charge in [-0.2, -0.15) is 0 Å². The maximum absolute atomic E-state index is 14.3. The zero-order valence-corrected chi connectivity index (χ0v) is 15.5. The minimum absolute atomic E-state index is 0.0402. The van der Waals surface area contributed by atoms with Crippen molar-refractivity contribution in [2.45, 2.75) is 52.1 Å². The molecule has 1 aromatic carbocycles. The van der Waals surface area contributed by atoms with Gasteiger partial charge in [0, 0.05) is 22.4 Å². The number of halogens is 1. The van der Waals surface area contributed by atoms with Gasteiger partial charge in [-0.25, -0.2) is 9.37 Å². The molecule has 0 fully saturated rings. The Kier molecular flexibility index (Phi) is 3.69. The van der Waals surface area contributed by atoms with E-state index in [0.717, 1.165) is 39.8 Å². The summed E-state index contributed by atoms with van der Waals surface area (Å²) in [6.07, 6.45) is 0.109. The third-order valence-corrected chi connectivity index (χ3v) is 6.00. The summed E-state index contributed by atoms with van der Waals surface area (Å²) in [5.41, 5.74) is 6.26. The number of para-hydroxylation sites is 1. The number of ether oxygens (including phenoxy) is 1. The third-order valence-electron chi connectivity index (χ3n) is 6.00. The minimum Gasteiger partial charge on any atom is -0.343 e. The molecule has 0 spiro atoms. The Bertz CT molecular complexity index is 1140. The molecule has 27 heavy (non-hydrogen) atoms. The van der Waals surface area contributed by atoms with Crippen molar-refractivity contribution in [1.29, 1.82) is 0 Å². The molecule has 2 atom stereocenters. The molecule has 2 aliphatic heterocycles. The largest absolute Gasteiger partial charge is 0.343 e. The Morgan fingerprint density at radius 1 is 1.26 bits per heavy atom. The van der Waals surface area contributed by atoms with Gasteiger partial charge in [-0.1, -0.05) is 32.0 Å². The fourth-order valence-corrected chi connectivity index (χ4v) is 4.63. The monoisotopic (exact) mass is 364 g/mol. The van der Waals surface area contributed by atoms with Gasteiger partial charge in [0.1, 0.15) is 0 Å². The predicted octanol–water partition coefficient (Wildman–Crippen LogP) is 4.31. The van der Waals surface area contributed by atoms with Gasteiger partial charge in [-0.05, 0) is 36.1 Å². The summed E-state index contributed by atoms with van der Waals surface area (Å²) in [4.78, 5) is 18.0. The molecule has 0 N–H and O–H groups in total. The van der Waals surface area contributed by atoms with Gasteiger partial charge in [0.15, 0.2) is 0 Å². The first kappa shape index (κ1) is 16.6. The molecule has 0 saturated heterocycles. The van der Waals surface area contributed by atoms with E-state index >= 15 is 0 Å². The molecule has 4 heterocycles. The van der Waals surface area contributed by atoms with Crippen LogP contribution in [-0.2, 0) is 24.3 Å². The Balaban J connectivity index is 1.81. The van der Waals surface area contributed by atoms with E-state index in [1.54, 1.807) is 4.57 Å². The molecule has 2 aliphatic rings. The lowest BCUT2D eigenvalue weighted by Gasteiger charge is -2.28. The molecular weight excluding hydrogens is 343 g/mol. The number of alkyl halides is 1. The van der Waals surface area contributed by atoms with Crippen molar-refractivity contribution in [1.82, 2.24) is 9.55 Å². The van der Waals surface area contributed by atoms with E-state index in [1.807, 2.05) is 31.2 Å². The van der Waals surface area contributed by atoms with E-state index in [9.17, 15) is 9.18 Å². The van der Waals surface area contributed by atoms with Crippen LogP contribution in [0.1, 0.15) is 48.4 Å². The van der Waals surface area contributed by atoms with Crippen LogP contribution in [0.15, 0.2) is 35.1 Å². The lowest BCUT2D eigenvalue weighted by atomic mass is 9.90. The fraction of sp³-hybridized carbons (Fsp3) is 0.364. The van der Waals surface area contributed by atoms with Crippen LogP contribution in [0.4, 0.5) is 4.39 Å².